The Balaban J connectivity index is 2.07. The van der Waals surface area contributed by atoms with Gasteiger partial charge in [0.05, 0.1) is 11.6 Å². The second-order valence-electron chi connectivity index (χ2n) is 6.02. The second kappa shape index (κ2) is 5.66. The van der Waals surface area contributed by atoms with E-state index in [2.05, 4.69) is 6.07 Å². The highest BCUT2D eigenvalue weighted by Gasteiger charge is 2.23. The average molecular weight is 303 g/mol. The summed E-state index contributed by atoms with van der Waals surface area (Å²) in [6.07, 6.45) is 5.89. The van der Waals surface area contributed by atoms with Gasteiger partial charge in [-0.2, -0.15) is 5.26 Å². The van der Waals surface area contributed by atoms with Gasteiger partial charge in [0, 0.05) is 11.1 Å². The van der Waals surface area contributed by atoms with E-state index in [1.165, 1.54) is 0 Å². The van der Waals surface area contributed by atoms with Gasteiger partial charge in [-0.15, -0.1) is 0 Å². The number of para-hydroxylation sites is 1. The van der Waals surface area contributed by atoms with Crippen molar-refractivity contribution in [3.63, 3.8) is 0 Å². The van der Waals surface area contributed by atoms with Crippen molar-refractivity contribution in [2.45, 2.75) is 19.4 Å². The minimum atomic E-state index is -0.373. The van der Waals surface area contributed by atoms with Gasteiger partial charge in [0.2, 0.25) is 0 Å². The molecule has 0 saturated heterocycles. The lowest BCUT2D eigenvalue weighted by molar-refractivity contribution is 0.158. The normalized spacial score (nSPS) is 15.4. The van der Waals surface area contributed by atoms with Gasteiger partial charge in [0.15, 0.2) is 0 Å². The molecule has 3 heteroatoms. The summed E-state index contributed by atoms with van der Waals surface area (Å²) in [5.74, 6) is 0.963. The maximum atomic E-state index is 9.48. The third-order valence-corrected chi connectivity index (χ3v) is 3.70. The Morgan fingerprint density at radius 2 is 1.91 bits per heavy atom. The summed E-state index contributed by atoms with van der Waals surface area (Å²) in [5, 5.41) is 18.9. The van der Waals surface area contributed by atoms with E-state index in [4.69, 9.17) is 4.74 Å². The predicted molar refractivity (Wildman–Crippen MR) is 91.8 cm³/mol. The molecular formula is C20H17NO2. The zero-order valence-electron chi connectivity index (χ0n) is 13.1. The van der Waals surface area contributed by atoms with Gasteiger partial charge in [-0.3, -0.25) is 0 Å². The first-order valence-electron chi connectivity index (χ1n) is 7.41. The molecule has 2 aromatic carbocycles. The maximum absolute atomic E-state index is 9.48. The fraction of sp³-hybridized carbons (Fsp3) is 0.150. The molecule has 0 bridgehead atoms. The molecule has 0 saturated carbocycles. The van der Waals surface area contributed by atoms with Crippen molar-refractivity contribution in [3.05, 3.63) is 65.2 Å². The highest BCUT2D eigenvalue weighted by atomic mass is 16.5. The van der Waals surface area contributed by atoms with Crippen LogP contribution in [0.4, 0.5) is 0 Å². The number of hydrogen-bond acceptors (Lipinski definition) is 3. The maximum Gasteiger partial charge on any atom is 0.135 e. The summed E-state index contributed by atoms with van der Waals surface area (Å²) in [5.41, 5.74) is 2.77. The lowest BCUT2D eigenvalue weighted by Gasteiger charge is -2.29. The van der Waals surface area contributed by atoms with Crippen LogP contribution < -0.4 is 4.74 Å². The van der Waals surface area contributed by atoms with Crippen LogP contribution in [0.15, 0.2) is 48.5 Å². The van der Waals surface area contributed by atoms with Crippen LogP contribution >= 0.6 is 0 Å². The number of phenols is 1. The van der Waals surface area contributed by atoms with Gasteiger partial charge >= 0.3 is 0 Å². The Bertz CT molecular complexity index is 837. The van der Waals surface area contributed by atoms with E-state index < -0.39 is 0 Å². The van der Waals surface area contributed by atoms with Crippen LogP contribution in [0.25, 0.3) is 17.7 Å². The molecule has 0 unspecified atom stereocenters. The van der Waals surface area contributed by atoms with Gasteiger partial charge in [0.25, 0.3) is 0 Å². The van der Waals surface area contributed by atoms with Crippen LogP contribution in [0.3, 0.4) is 0 Å². The van der Waals surface area contributed by atoms with Crippen molar-refractivity contribution in [1.82, 2.24) is 0 Å². The number of hydrogen-bond donors (Lipinski definition) is 1. The first kappa shape index (κ1) is 14.9. The van der Waals surface area contributed by atoms with E-state index in [1.807, 2.05) is 50.3 Å². The molecule has 0 fully saturated rings. The molecule has 23 heavy (non-hydrogen) atoms. The number of aromatic hydroxyl groups is 1. The molecule has 0 atom stereocenters. The Kier molecular flexibility index (Phi) is 3.67. The van der Waals surface area contributed by atoms with Crippen LogP contribution in [0.2, 0.25) is 0 Å². The first-order chi connectivity index (χ1) is 11.0. The summed E-state index contributed by atoms with van der Waals surface area (Å²) < 4.78 is 6.07. The van der Waals surface area contributed by atoms with E-state index in [1.54, 1.807) is 24.3 Å². The average Bonchev–Trinajstić information content (AvgIpc) is 2.53. The van der Waals surface area contributed by atoms with Gasteiger partial charge in [-0.1, -0.05) is 24.3 Å². The Morgan fingerprint density at radius 3 is 2.61 bits per heavy atom. The largest absolute Gasteiger partial charge is 0.508 e. The van der Waals surface area contributed by atoms with Crippen molar-refractivity contribution < 1.29 is 9.84 Å². The summed E-state index contributed by atoms with van der Waals surface area (Å²) in [7, 11) is 0. The quantitative estimate of drug-likeness (QED) is 0.649. The smallest absolute Gasteiger partial charge is 0.135 e. The minimum Gasteiger partial charge on any atom is -0.508 e. The standard InChI is InChI=1S/C20H17NO2/c1-20(2)11-10-15-4-3-5-16(19(15)23-20)12-17(13-21)14-6-8-18(22)9-7-14/h3-12,22H,1-2H3/b17-12-. The number of benzene rings is 2. The molecule has 0 spiro atoms. The van der Waals surface area contributed by atoms with Gasteiger partial charge in [0.1, 0.15) is 17.1 Å². The number of fused-ring (bicyclic) bond motifs is 1. The van der Waals surface area contributed by atoms with Crippen molar-refractivity contribution >= 4 is 17.7 Å². The van der Waals surface area contributed by atoms with Gasteiger partial charge < -0.3 is 9.84 Å². The lowest BCUT2D eigenvalue weighted by Crippen LogP contribution is -2.27. The summed E-state index contributed by atoms with van der Waals surface area (Å²) >= 11 is 0. The molecule has 0 aliphatic carbocycles. The summed E-state index contributed by atoms with van der Waals surface area (Å²) in [4.78, 5) is 0. The topological polar surface area (TPSA) is 53.2 Å². The monoisotopic (exact) mass is 303 g/mol. The molecule has 0 amide bonds. The lowest BCUT2D eigenvalue weighted by atomic mass is 9.97. The molecule has 3 rings (SSSR count). The molecule has 3 nitrogen and oxygen atoms in total. The van der Waals surface area contributed by atoms with Crippen molar-refractivity contribution in [3.8, 4) is 17.6 Å². The van der Waals surface area contributed by atoms with Crippen molar-refractivity contribution in [2.75, 3.05) is 0 Å². The number of ether oxygens (including phenoxy) is 1. The van der Waals surface area contributed by atoms with E-state index >= 15 is 0 Å². The summed E-state index contributed by atoms with van der Waals surface area (Å²) in [6.45, 7) is 4.00. The van der Waals surface area contributed by atoms with E-state index in [0.29, 0.717) is 5.57 Å². The Hall–Kier alpha value is -2.99. The number of nitrogens with zero attached hydrogens (tertiary/aromatic N) is 1. The number of allylic oxidation sites excluding steroid dienone is 1. The molecule has 1 aliphatic rings. The van der Waals surface area contributed by atoms with Crippen LogP contribution in [-0.2, 0) is 0 Å². The molecule has 114 valence electrons. The van der Waals surface area contributed by atoms with E-state index in [0.717, 1.165) is 22.4 Å². The zero-order valence-corrected chi connectivity index (χ0v) is 13.1. The number of rotatable bonds is 2. The van der Waals surface area contributed by atoms with Crippen LogP contribution in [0.5, 0.6) is 11.5 Å². The molecule has 2 aromatic rings. The number of phenolic OH excluding ortho intramolecular Hbond substituents is 1. The molecule has 1 aliphatic heterocycles. The third kappa shape index (κ3) is 3.12. The number of nitriles is 1. The van der Waals surface area contributed by atoms with Crippen LogP contribution in [-0.4, -0.2) is 10.7 Å². The van der Waals surface area contributed by atoms with E-state index in [9.17, 15) is 10.4 Å². The molecule has 0 radical (unpaired) electrons. The van der Waals surface area contributed by atoms with Crippen molar-refractivity contribution in [2.24, 2.45) is 0 Å². The molecule has 0 aromatic heterocycles. The second-order valence-corrected chi connectivity index (χ2v) is 6.02. The minimum absolute atomic E-state index is 0.179. The fourth-order valence-corrected chi connectivity index (χ4v) is 2.50. The molecule has 1 heterocycles. The summed E-state index contributed by atoms with van der Waals surface area (Å²) in [6, 6.07) is 14.7. The Morgan fingerprint density at radius 1 is 1.17 bits per heavy atom. The van der Waals surface area contributed by atoms with Crippen LogP contribution in [0.1, 0.15) is 30.5 Å². The predicted octanol–water partition coefficient (Wildman–Crippen LogP) is 4.64. The highest BCUT2D eigenvalue weighted by Crippen LogP contribution is 2.35. The Labute approximate surface area is 135 Å². The molecular weight excluding hydrogens is 286 g/mol. The SMILES string of the molecule is CC1(C)C=Cc2cccc(/C=C(/C#N)c3ccc(O)cc3)c2O1. The third-order valence-electron chi connectivity index (χ3n) is 3.70. The van der Waals surface area contributed by atoms with Gasteiger partial charge in [-0.05, 0) is 55.8 Å². The van der Waals surface area contributed by atoms with Crippen LogP contribution in [0, 0.1) is 11.3 Å². The van der Waals surface area contributed by atoms with Gasteiger partial charge in [-0.25, -0.2) is 0 Å². The van der Waals surface area contributed by atoms with Crippen molar-refractivity contribution in [1.29, 1.82) is 5.26 Å². The molecule has 1 N–H and O–H groups in total. The van der Waals surface area contributed by atoms with E-state index in [-0.39, 0.29) is 11.4 Å². The zero-order chi connectivity index (χ0) is 16.4. The fourth-order valence-electron chi connectivity index (χ4n) is 2.50. The highest BCUT2D eigenvalue weighted by molar-refractivity contribution is 5.91. The first-order valence-corrected chi connectivity index (χ1v) is 7.41.